The van der Waals surface area contributed by atoms with E-state index < -0.39 is 17.8 Å². The highest BCUT2D eigenvalue weighted by Crippen LogP contribution is 2.35. The number of urea groups is 1. The summed E-state index contributed by atoms with van der Waals surface area (Å²) in [5, 5.41) is 12.8. The van der Waals surface area contributed by atoms with Crippen LogP contribution in [0.1, 0.15) is 11.1 Å². The third-order valence-corrected chi connectivity index (χ3v) is 4.06. The SMILES string of the molecule is COc1cc(Cl)cc(/C=C2/NC(=O)N(Cc3ccccc3F)C2=O)c1O. The standard InChI is InChI=1S/C18H14ClFN2O4/c1-26-15-8-12(19)6-11(16(15)23)7-14-17(24)22(18(25)21-14)9-10-4-2-3-5-13(10)20/h2-8,23H,9H2,1H3,(H,21,25)/b14-7+. The highest BCUT2D eigenvalue weighted by atomic mass is 35.5. The molecular formula is C18H14ClFN2O4. The second kappa shape index (κ2) is 7.05. The fourth-order valence-corrected chi connectivity index (χ4v) is 2.74. The van der Waals surface area contributed by atoms with Crippen LogP contribution in [0.2, 0.25) is 5.02 Å². The summed E-state index contributed by atoms with van der Waals surface area (Å²) < 4.78 is 18.8. The van der Waals surface area contributed by atoms with Crippen LogP contribution in [0.3, 0.4) is 0 Å². The van der Waals surface area contributed by atoms with Gasteiger partial charge < -0.3 is 15.2 Å². The van der Waals surface area contributed by atoms with Crippen LogP contribution in [0.25, 0.3) is 6.08 Å². The number of hydrogen-bond acceptors (Lipinski definition) is 4. The van der Waals surface area contributed by atoms with Crippen LogP contribution in [0.15, 0.2) is 42.1 Å². The van der Waals surface area contributed by atoms with Gasteiger partial charge >= 0.3 is 6.03 Å². The molecule has 3 amide bonds. The number of halogens is 2. The van der Waals surface area contributed by atoms with Crippen LogP contribution in [0.4, 0.5) is 9.18 Å². The smallest absolute Gasteiger partial charge is 0.329 e. The molecule has 26 heavy (non-hydrogen) atoms. The van der Waals surface area contributed by atoms with E-state index in [1.807, 2.05) is 0 Å². The molecule has 3 rings (SSSR count). The minimum atomic E-state index is -0.682. The molecule has 0 aromatic heterocycles. The molecule has 1 fully saturated rings. The number of ether oxygens (including phenoxy) is 1. The highest BCUT2D eigenvalue weighted by Gasteiger charge is 2.34. The van der Waals surface area contributed by atoms with Crippen molar-refractivity contribution >= 4 is 29.6 Å². The van der Waals surface area contributed by atoms with Crippen molar-refractivity contribution < 1.29 is 23.8 Å². The molecular weight excluding hydrogens is 363 g/mol. The molecule has 0 spiro atoms. The normalized spacial score (nSPS) is 15.5. The zero-order valence-electron chi connectivity index (χ0n) is 13.6. The predicted molar refractivity (Wildman–Crippen MR) is 93.1 cm³/mol. The summed E-state index contributed by atoms with van der Waals surface area (Å²) in [6, 6.07) is 8.03. The van der Waals surface area contributed by atoms with Gasteiger partial charge in [0.2, 0.25) is 0 Å². The van der Waals surface area contributed by atoms with Crippen LogP contribution in [-0.2, 0) is 11.3 Å². The number of aromatic hydroxyl groups is 1. The van der Waals surface area contributed by atoms with Gasteiger partial charge in [-0.3, -0.25) is 9.69 Å². The average Bonchev–Trinajstić information content (AvgIpc) is 2.87. The van der Waals surface area contributed by atoms with E-state index in [0.29, 0.717) is 0 Å². The van der Waals surface area contributed by atoms with Gasteiger partial charge in [0, 0.05) is 22.2 Å². The van der Waals surface area contributed by atoms with Gasteiger partial charge in [-0.25, -0.2) is 9.18 Å². The molecule has 1 saturated heterocycles. The van der Waals surface area contributed by atoms with E-state index in [9.17, 15) is 19.1 Å². The molecule has 1 heterocycles. The molecule has 0 saturated carbocycles. The Hall–Kier alpha value is -3.06. The maximum atomic E-state index is 13.8. The van der Waals surface area contributed by atoms with E-state index in [1.165, 1.54) is 43.5 Å². The van der Waals surface area contributed by atoms with Gasteiger partial charge in [-0.05, 0) is 18.2 Å². The summed E-state index contributed by atoms with van der Waals surface area (Å²) in [6.07, 6.45) is 1.28. The number of methoxy groups -OCH3 is 1. The topological polar surface area (TPSA) is 78.9 Å². The van der Waals surface area contributed by atoms with Crippen molar-refractivity contribution in [3.05, 3.63) is 64.1 Å². The number of amides is 3. The molecule has 0 aliphatic carbocycles. The lowest BCUT2D eigenvalue weighted by atomic mass is 10.1. The van der Waals surface area contributed by atoms with Gasteiger partial charge in [-0.1, -0.05) is 29.8 Å². The Morgan fingerprint density at radius 3 is 2.73 bits per heavy atom. The molecule has 0 unspecified atom stereocenters. The number of carbonyl (C=O) groups is 2. The van der Waals surface area contributed by atoms with Crippen LogP contribution in [0.5, 0.6) is 11.5 Å². The number of phenols is 1. The number of hydrogen-bond donors (Lipinski definition) is 2. The Balaban J connectivity index is 1.91. The molecule has 1 aliphatic heterocycles. The number of nitrogens with zero attached hydrogens (tertiary/aromatic N) is 1. The summed E-state index contributed by atoms with van der Waals surface area (Å²) in [5.41, 5.74) is 0.348. The monoisotopic (exact) mass is 376 g/mol. The Kier molecular flexibility index (Phi) is 4.81. The highest BCUT2D eigenvalue weighted by molar-refractivity contribution is 6.31. The van der Waals surface area contributed by atoms with Crippen molar-refractivity contribution in [2.75, 3.05) is 7.11 Å². The summed E-state index contributed by atoms with van der Waals surface area (Å²) in [7, 11) is 1.36. The second-order valence-electron chi connectivity index (χ2n) is 5.52. The van der Waals surface area contributed by atoms with Gasteiger partial charge in [-0.2, -0.15) is 0 Å². The zero-order chi connectivity index (χ0) is 18.8. The first kappa shape index (κ1) is 17.8. The quantitative estimate of drug-likeness (QED) is 0.634. The zero-order valence-corrected chi connectivity index (χ0v) is 14.4. The average molecular weight is 377 g/mol. The Labute approximate surface area is 153 Å². The molecule has 6 nitrogen and oxygen atoms in total. The number of phenolic OH excluding ortho intramolecular Hbond substituents is 1. The molecule has 0 bridgehead atoms. The van der Waals surface area contributed by atoms with Crippen molar-refractivity contribution in [1.82, 2.24) is 10.2 Å². The van der Waals surface area contributed by atoms with E-state index in [2.05, 4.69) is 5.32 Å². The Morgan fingerprint density at radius 1 is 1.31 bits per heavy atom. The van der Waals surface area contributed by atoms with Crippen LogP contribution in [-0.4, -0.2) is 29.1 Å². The fraction of sp³-hybridized carbons (Fsp3) is 0.111. The number of benzene rings is 2. The minimum absolute atomic E-state index is 0.0639. The molecule has 0 atom stereocenters. The maximum Gasteiger partial charge on any atom is 0.329 e. The number of rotatable bonds is 4. The lowest BCUT2D eigenvalue weighted by molar-refractivity contribution is -0.123. The number of carbonyl (C=O) groups excluding carboxylic acids is 2. The van der Waals surface area contributed by atoms with Crippen molar-refractivity contribution in [3.63, 3.8) is 0 Å². The number of imide groups is 1. The summed E-state index contributed by atoms with van der Waals surface area (Å²) >= 11 is 5.96. The first-order chi connectivity index (χ1) is 12.4. The molecule has 8 heteroatoms. The maximum absolute atomic E-state index is 13.8. The van der Waals surface area contributed by atoms with Crippen LogP contribution >= 0.6 is 11.6 Å². The first-order valence-corrected chi connectivity index (χ1v) is 7.93. The molecule has 2 N–H and O–H groups in total. The lowest BCUT2D eigenvalue weighted by Crippen LogP contribution is -2.30. The van der Waals surface area contributed by atoms with E-state index in [4.69, 9.17) is 16.3 Å². The molecule has 1 aliphatic rings. The predicted octanol–water partition coefficient (Wildman–Crippen LogP) is 3.29. The van der Waals surface area contributed by atoms with Crippen molar-refractivity contribution in [3.8, 4) is 11.5 Å². The van der Waals surface area contributed by atoms with E-state index in [-0.39, 0.29) is 39.9 Å². The van der Waals surface area contributed by atoms with Gasteiger partial charge in [0.15, 0.2) is 11.5 Å². The summed E-state index contributed by atoms with van der Waals surface area (Å²) in [4.78, 5) is 25.5. The Bertz CT molecular complexity index is 929. The van der Waals surface area contributed by atoms with Gasteiger partial charge in [0.25, 0.3) is 5.91 Å². The van der Waals surface area contributed by atoms with Gasteiger partial charge in [0.05, 0.1) is 13.7 Å². The summed E-state index contributed by atoms with van der Waals surface area (Å²) in [6.45, 7) is -0.209. The largest absolute Gasteiger partial charge is 0.504 e. The second-order valence-corrected chi connectivity index (χ2v) is 5.95. The van der Waals surface area contributed by atoms with Crippen molar-refractivity contribution in [2.45, 2.75) is 6.54 Å². The molecule has 2 aromatic rings. The third-order valence-electron chi connectivity index (χ3n) is 3.84. The van der Waals surface area contributed by atoms with E-state index in [1.54, 1.807) is 6.07 Å². The molecule has 2 aromatic carbocycles. The van der Waals surface area contributed by atoms with Crippen LogP contribution < -0.4 is 10.1 Å². The van der Waals surface area contributed by atoms with Crippen LogP contribution in [0, 0.1) is 5.82 Å². The van der Waals surface area contributed by atoms with Crippen molar-refractivity contribution in [2.24, 2.45) is 0 Å². The van der Waals surface area contributed by atoms with Gasteiger partial charge in [0.1, 0.15) is 11.5 Å². The first-order valence-electron chi connectivity index (χ1n) is 7.55. The number of nitrogens with one attached hydrogen (secondary N) is 1. The molecule has 134 valence electrons. The third kappa shape index (κ3) is 3.34. The van der Waals surface area contributed by atoms with E-state index >= 15 is 0 Å². The Morgan fingerprint density at radius 2 is 2.04 bits per heavy atom. The summed E-state index contributed by atoms with van der Waals surface area (Å²) in [5.74, 6) is -1.25. The van der Waals surface area contributed by atoms with E-state index in [0.717, 1.165) is 4.90 Å². The molecule has 0 radical (unpaired) electrons. The fourth-order valence-electron chi connectivity index (χ4n) is 2.53. The lowest BCUT2D eigenvalue weighted by Gasteiger charge is -2.12. The van der Waals surface area contributed by atoms with Crippen molar-refractivity contribution in [1.29, 1.82) is 0 Å². The van der Waals surface area contributed by atoms with Gasteiger partial charge in [-0.15, -0.1) is 0 Å². The minimum Gasteiger partial charge on any atom is -0.504 e.